The molecular formula is C16H14N2O. The van der Waals surface area contributed by atoms with Crippen molar-refractivity contribution in [3.63, 3.8) is 0 Å². The van der Waals surface area contributed by atoms with Gasteiger partial charge in [0.25, 0.3) is 0 Å². The van der Waals surface area contributed by atoms with Crippen molar-refractivity contribution in [2.45, 2.75) is 19.3 Å². The van der Waals surface area contributed by atoms with Crippen LogP contribution >= 0.6 is 0 Å². The van der Waals surface area contributed by atoms with E-state index < -0.39 is 0 Å². The van der Waals surface area contributed by atoms with Crippen LogP contribution in [0.1, 0.15) is 28.9 Å². The van der Waals surface area contributed by atoms with Gasteiger partial charge in [0.1, 0.15) is 0 Å². The molecule has 3 nitrogen and oxygen atoms in total. The van der Waals surface area contributed by atoms with Crippen LogP contribution in [0.5, 0.6) is 0 Å². The van der Waals surface area contributed by atoms with Crippen molar-refractivity contribution < 1.29 is 4.79 Å². The number of aryl methyl sites for hydroxylation is 1. The van der Waals surface area contributed by atoms with Gasteiger partial charge in [0.2, 0.25) is 0 Å². The zero-order valence-electron chi connectivity index (χ0n) is 10.8. The average Bonchev–Trinajstić information content (AvgIpc) is 2.74. The van der Waals surface area contributed by atoms with Crippen LogP contribution in [0.4, 0.5) is 0 Å². The quantitative estimate of drug-likeness (QED) is 0.614. The van der Waals surface area contributed by atoms with Crippen LogP contribution in [-0.2, 0) is 13.5 Å². The molecule has 1 aromatic carbocycles. The highest BCUT2D eigenvalue weighted by Crippen LogP contribution is 2.35. The van der Waals surface area contributed by atoms with Gasteiger partial charge >= 0.3 is 0 Å². The van der Waals surface area contributed by atoms with Crippen LogP contribution in [0.2, 0.25) is 0 Å². The van der Waals surface area contributed by atoms with Gasteiger partial charge in [-0.1, -0.05) is 6.07 Å². The van der Waals surface area contributed by atoms with E-state index in [9.17, 15) is 4.79 Å². The van der Waals surface area contributed by atoms with E-state index >= 15 is 0 Å². The van der Waals surface area contributed by atoms with E-state index in [1.54, 1.807) is 6.20 Å². The molecule has 0 saturated heterocycles. The van der Waals surface area contributed by atoms with Crippen molar-refractivity contribution in [3.05, 3.63) is 41.7 Å². The molecule has 0 fully saturated rings. The molecule has 0 radical (unpaired) electrons. The Hall–Kier alpha value is -2.16. The van der Waals surface area contributed by atoms with Gasteiger partial charge in [-0.05, 0) is 31.0 Å². The lowest BCUT2D eigenvalue weighted by Gasteiger charge is -2.12. The molecule has 1 aliphatic carbocycles. The summed E-state index contributed by atoms with van der Waals surface area (Å²) < 4.78 is 2.17. The fourth-order valence-electron chi connectivity index (χ4n) is 3.28. The average molecular weight is 250 g/mol. The van der Waals surface area contributed by atoms with E-state index in [4.69, 9.17) is 0 Å². The number of hydrogen-bond donors (Lipinski definition) is 0. The number of nitrogens with zero attached hydrogens (tertiary/aromatic N) is 2. The first-order valence-electron chi connectivity index (χ1n) is 6.65. The molecule has 0 amide bonds. The monoisotopic (exact) mass is 250 g/mol. The lowest BCUT2D eigenvalue weighted by atomic mass is 9.93. The van der Waals surface area contributed by atoms with Gasteiger partial charge in [-0.3, -0.25) is 9.78 Å². The minimum absolute atomic E-state index is 0.281. The fourth-order valence-corrected chi connectivity index (χ4v) is 3.28. The van der Waals surface area contributed by atoms with Gasteiger partial charge in [0.15, 0.2) is 5.78 Å². The second-order valence-corrected chi connectivity index (χ2v) is 5.19. The maximum absolute atomic E-state index is 12.3. The van der Waals surface area contributed by atoms with E-state index in [1.165, 1.54) is 5.69 Å². The predicted octanol–water partition coefficient (Wildman–Crippen LogP) is 3.25. The molecule has 94 valence electrons. The number of fused-ring (bicyclic) bond motifs is 5. The standard InChI is InChI=1S/C16H14N2O/c1-18-12-5-2-6-14(19)16(12)15-10-4-3-9-17-11(10)7-8-13(15)18/h3-4,7-9H,2,5-6H2,1H3. The Morgan fingerprint density at radius 1 is 1.21 bits per heavy atom. The lowest BCUT2D eigenvalue weighted by molar-refractivity contribution is 0.0973. The largest absolute Gasteiger partial charge is 0.347 e. The van der Waals surface area contributed by atoms with Gasteiger partial charge in [0.05, 0.1) is 5.52 Å². The summed E-state index contributed by atoms with van der Waals surface area (Å²) in [5.74, 6) is 0.281. The number of pyridine rings is 1. The van der Waals surface area contributed by atoms with Crippen molar-refractivity contribution in [2.24, 2.45) is 7.05 Å². The van der Waals surface area contributed by atoms with Crippen molar-refractivity contribution in [1.29, 1.82) is 0 Å². The molecule has 3 aromatic rings. The summed E-state index contributed by atoms with van der Waals surface area (Å²) in [6, 6.07) is 8.12. The topological polar surface area (TPSA) is 34.9 Å². The minimum Gasteiger partial charge on any atom is -0.347 e. The predicted molar refractivity (Wildman–Crippen MR) is 75.5 cm³/mol. The first-order chi connectivity index (χ1) is 9.27. The zero-order valence-corrected chi connectivity index (χ0v) is 10.8. The van der Waals surface area contributed by atoms with Gasteiger partial charge < -0.3 is 4.57 Å². The molecule has 4 rings (SSSR count). The molecule has 0 atom stereocenters. The summed E-state index contributed by atoms with van der Waals surface area (Å²) in [6.45, 7) is 0. The highest BCUT2D eigenvalue weighted by Gasteiger charge is 2.25. The van der Waals surface area contributed by atoms with Crippen LogP contribution < -0.4 is 0 Å². The zero-order chi connectivity index (χ0) is 13.0. The molecule has 0 unspecified atom stereocenters. The van der Waals surface area contributed by atoms with E-state index in [2.05, 4.69) is 28.7 Å². The molecule has 0 N–H and O–H groups in total. The summed E-state index contributed by atoms with van der Waals surface area (Å²) in [5.41, 5.74) is 4.22. The summed E-state index contributed by atoms with van der Waals surface area (Å²) >= 11 is 0. The Morgan fingerprint density at radius 2 is 2.11 bits per heavy atom. The molecule has 19 heavy (non-hydrogen) atoms. The third-order valence-electron chi connectivity index (χ3n) is 4.16. The van der Waals surface area contributed by atoms with E-state index in [0.717, 1.165) is 40.2 Å². The molecular weight excluding hydrogens is 236 g/mol. The smallest absolute Gasteiger partial charge is 0.165 e. The first-order valence-corrected chi connectivity index (χ1v) is 6.65. The van der Waals surface area contributed by atoms with Gasteiger partial charge in [-0.15, -0.1) is 0 Å². The van der Waals surface area contributed by atoms with E-state index in [-0.39, 0.29) is 5.78 Å². The molecule has 0 saturated carbocycles. The van der Waals surface area contributed by atoms with Gasteiger partial charge in [0, 0.05) is 47.2 Å². The fraction of sp³-hybridized carbons (Fsp3) is 0.250. The number of aromatic nitrogens is 2. The van der Waals surface area contributed by atoms with Crippen molar-refractivity contribution >= 4 is 27.6 Å². The van der Waals surface area contributed by atoms with Crippen LogP contribution in [0, 0.1) is 0 Å². The number of rotatable bonds is 0. The van der Waals surface area contributed by atoms with Crippen molar-refractivity contribution in [1.82, 2.24) is 9.55 Å². The van der Waals surface area contributed by atoms with Crippen LogP contribution in [0.25, 0.3) is 21.8 Å². The number of carbonyl (C=O) groups excluding carboxylic acids is 1. The molecule has 0 bridgehead atoms. The molecule has 1 aliphatic rings. The SMILES string of the molecule is Cn1c2c(c3c4cccnc4ccc31)C(=O)CCC2. The van der Waals surface area contributed by atoms with Crippen LogP contribution in [0.3, 0.4) is 0 Å². The summed E-state index contributed by atoms with van der Waals surface area (Å²) in [4.78, 5) is 16.7. The summed E-state index contributed by atoms with van der Waals surface area (Å²) in [6.07, 6.45) is 4.42. The lowest BCUT2D eigenvalue weighted by Crippen LogP contribution is -2.11. The number of Topliss-reactive ketones (excluding diaryl/α,β-unsaturated/α-hetero) is 1. The van der Waals surface area contributed by atoms with Crippen molar-refractivity contribution in [2.75, 3.05) is 0 Å². The summed E-state index contributed by atoms with van der Waals surface area (Å²) in [5, 5.41) is 2.18. The van der Waals surface area contributed by atoms with Crippen LogP contribution in [-0.4, -0.2) is 15.3 Å². The molecule has 3 heteroatoms. The Labute approximate surface area is 110 Å². The highest BCUT2D eigenvalue weighted by molar-refractivity contribution is 6.18. The highest BCUT2D eigenvalue weighted by atomic mass is 16.1. The molecule has 2 aromatic heterocycles. The van der Waals surface area contributed by atoms with Crippen LogP contribution in [0.15, 0.2) is 30.5 Å². The van der Waals surface area contributed by atoms with Crippen molar-refractivity contribution in [3.8, 4) is 0 Å². The Balaban J connectivity index is 2.28. The number of benzene rings is 1. The molecule has 0 spiro atoms. The maximum atomic E-state index is 12.3. The maximum Gasteiger partial charge on any atom is 0.165 e. The second-order valence-electron chi connectivity index (χ2n) is 5.19. The second kappa shape index (κ2) is 3.67. The Bertz CT molecular complexity index is 829. The first kappa shape index (κ1) is 10.7. The minimum atomic E-state index is 0.281. The van der Waals surface area contributed by atoms with Gasteiger partial charge in [-0.25, -0.2) is 0 Å². The summed E-state index contributed by atoms with van der Waals surface area (Å²) in [7, 11) is 2.06. The normalized spacial score (nSPS) is 15.1. The van der Waals surface area contributed by atoms with E-state index in [0.29, 0.717) is 6.42 Å². The number of hydrogen-bond acceptors (Lipinski definition) is 2. The van der Waals surface area contributed by atoms with Gasteiger partial charge in [-0.2, -0.15) is 0 Å². The Kier molecular flexibility index (Phi) is 2.07. The third kappa shape index (κ3) is 1.33. The Morgan fingerprint density at radius 3 is 3.00 bits per heavy atom. The number of ketones is 1. The molecule has 2 heterocycles. The number of carbonyl (C=O) groups is 1. The van der Waals surface area contributed by atoms with E-state index in [1.807, 2.05) is 12.1 Å². The molecule has 0 aliphatic heterocycles. The third-order valence-corrected chi connectivity index (χ3v) is 4.16.